The summed E-state index contributed by atoms with van der Waals surface area (Å²) in [6, 6.07) is 5.62. The highest BCUT2D eigenvalue weighted by Gasteiger charge is 2.10. The number of nitrogens with two attached hydrogens (primary N) is 1. The molecule has 0 bridgehead atoms. The van der Waals surface area contributed by atoms with Gasteiger partial charge in [0.25, 0.3) is 0 Å². The summed E-state index contributed by atoms with van der Waals surface area (Å²) in [5.74, 6) is 1.53. The van der Waals surface area contributed by atoms with Gasteiger partial charge in [0.15, 0.2) is 0 Å². The van der Waals surface area contributed by atoms with Gasteiger partial charge in [-0.15, -0.1) is 0 Å². The van der Waals surface area contributed by atoms with E-state index in [1.165, 1.54) is 0 Å². The Bertz CT molecular complexity index is 523. The van der Waals surface area contributed by atoms with Crippen LogP contribution in [0.4, 0.5) is 0 Å². The minimum Gasteiger partial charge on any atom is -0.497 e. The van der Waals surface area contributed by atoms with Gasteiger partial charge in [-0.1, -0.05) is 0 Å². The largest absolute Gasteiger partial charge is 0.497 e. The van der Waals surface area contributed by atoms with Crippen molar-refractivity contribution in [2.24, 2.45) is 5.73 Å². The maximum atomic E-state index is 5.91. The second-order valence-electron chi connectivity index (χ2n) is 3.83. The molecule has 16 heavy (non-hydrogen) atoms. The number of methoxy groups -OCH3 is 1. The van der Waals surface area contributed by atoms with E-state index in [0.717, 1.165) is 28.2 Å². The molecule has 1 atom stereocenters. The molecule has 1 aromatic heterocycles. The maximum absolute atomic E-state index is 5.91. The number of benzene rings is 1. The van der Waals surface area contributed by atoms with E-state index in [-0.39, 0.29) is 6.04 Å². The van der Waals surface area contributed by atoms with E-state index < -0.39 is 0 Å². The van der Waals surface area contributed by atoms with Crippen LogP contribution in [0.25, 0.3) is 10.9 Å². The first kappa shape index (κ1) is 10.8. The Labute approximate surface area is 94.5 Å². The van der Waals surface area contributed by atoms with Crippen molar-refractivity contribution >= 4 is 10.9 Å². The first-order valence-corrected chi connectivity index (χ1v) is 5.19. The van der Waals surface area contributed by atoms with Crippen molar-refractivity contribution < 1.29 is 4.74 Å². The first-order chi connectivity index (χ1) is 7.61. The fourth-order valence-corrected chi connectivity index (χ4v) is 1.73. The van der Waals surface area contributed by atoms with Gasteiger partial charge >= 0.3 is 0 Å². The van der Waals surface area contributed by atoms with E-state index in [4.69, 9.17) is 10.5 Å². The summed E-state index contributed by atoms with van der Waals surface area (Å²) in [6.07, 6.45) is 0. The summed E-state index contributed by atoms with van der Waals surface area (Å²) in [7, 11) is 1.64. The third-order valence-electron chi connectivity index (χ3n) is 2.48. The molecule has 0 spiro atoms. The number of aryl methyl sites for hydroxylation is 1. The van der Waals surface area contributed by atoms with Gasteiger partial charge in [0, 0.05) is 11.4 Å². The topological polar surface area (TPSA) is 61.0 Å². The van der Waals surface area contributed by atoms with Crippen molar-refractivity contribution in [1.29, 1.82) is 0 Å². The Kier molecular flexibility index (Phi) is 2.75. The first-order valence-electron chi connectivity index (χ1n) is 5.19. The Balaban J connectivity index is 2.75. The maximum Gasteiger partial charge on any atom is 0.126 e. The lowest BCUT2D eigenvalue weighted by atomic mass is 10.1. The molecule has 0 saturated heterocycles. The van der Waals surface area contributed by atoms with E-state index in [1.807, 2.05) is 32.0 Å². The smallest absolute Gasteiger partial charge is 0.126 e. The number of aromatic nitrogens is 2. The molecule has 0 amide bonds. The van der Waals surface area contributed by atoms with E-state index in [1.54, 1.807) is 7.11 Å². The lowest BCUT2D eigenvalue weighted by Crippen LogP contribution is -2.10. The SMILES string of the molecule is COc1ccc2nc(C)nc(C(C)N)c2c1. The fourth-order valence-electron chi connectivity index (χ4n) is 1.73. The molecule has 1 heterocycles. The van der Waals surface area contributed by atoms with Crippen LogP contribution in [-0.4, -0.2) is 17.1 Å². The van der Waals surface area contributed by atoms with Crippen molar-refractivity contribution in [2.45, 2.75) is 19.9 Å². The lowest BCUT2D eigenvalue weighted by Gasteiger charge is -2.10. The second kappa shape index (κ2) is 4.06. The zero-order chi connectivity index (χ0) is 11.7. The van der Waals surface area contributed by atoms with Crippen molar-refractivity contribution in [3.8, 4) is 5.75 Å². The molecule has 2 aromatic rings. The van der Waals surface area contributed by atoms with E-state index >= 15 is 0 Å². The van der Waals surface area contributed by atoms with Crippen LogP contribution in [0, 0.1) is 6.92 Å². The standard InChI is InChI=1S/C12H15N3O/c1-7(13)12-10-6-9(16-3)4-5-11(10)14-8(2)15-12/h4-7H,13H2,1-3H3. The van der Waals surface area contributed by atoms with Crippen LogP contribution < -0.4 is 10.5 Å². The molecule has 2 N–H and O–H groups in total. The molecule has 0 saturated carbocycles. The predicted molar refractivity (Wildman–Crippen MR) is 63.4 cm³/mol. The third-order valence-corrected chi connectivity index (χ3v) is 2.48. The molecule has 4 nitrogen and oxygen atoms in total. The molecular formula is C12H15N3O. The van der Waals surface area contributed by atoms with Crippen molar-refractivity contribution in [2.75, 3.05) is 7.11 Å². The zero-order valence-corrected chi connectivity index (χ0v) is 9.69. The molecule has 0 aliphatic heterocycles. The average molecular weight is 217 g/mol. The highest BCUT2D eigenvalue weighted by molar-refractivity contribution is 5.82. The Hall–Kier alpha value is -1.68. The molecule has 2 rings (SSSR count). The zero-order valence-electron chi connectivity index (χ0n) is 9.69. The Morgan fingerprint density at radius 3 is 2.69 bits per heavy atom. The molecule has 0 radical (unpaired) electrons. The number of ether oxygens (including phenoxy) is 1. The number of hydrogen-bond donors (Lipinski definition) is 1. The molecular weight excluding hydrogens is 202 g/mol. The normalized spacial score (nSPS) is 12.8. The summed E-state index contributed by atoms with van der Waals surface area (Å²) in [5, 5.41) is 0.958. The van der Waals surface area contributed by atoms with Gasteiger partial charge in [-0.3, -0.25) is 0 Å². The van der Waals surface area contributed by atoms with Crippen LogP contribution in [0.15, 0.2) is 18.2 Å². The molecule has 1 aromatic carbocycles. The van der Waals surface area contributed by atoms with Crippen LogP contribution in [0.3, 0.4) is 0 Å². The molecule has 0 aliphatic rings. The van der Waals surface area contributed by atoms with Gasteiger partial charge in [0.05, 0.1) is 18.3 Å². The van der Waals surface area contributed by atoms with Crippen LogP contribution in [0.1, 0.15) is 24.5 Å². The number of fused-ring (bicyclic) bond motifs is 1. The lowest BCUT2D eigenvalue weighted by molar-refractivity contribution is 0.415. The summed E-state index contributed by atoms with van der Waals surface area (Å²) in [6.45, 7) is 3.79. The van der Waals surface area contributed by atoms with Crippen LogP contribution in [-0.2, 0) is 0 Å². The fraction of sp³-hybridized carbons (Fsp3) is 0.333. The van der Waals surface area contributed by atoms with Crippen LogP contribution >= 0.6 is 0 Å². The molecule has 84 valence electrons. The quantitative estimate of drug-likeness (QED) is 0.835. The summed E-state index contributed by atoms with van der Waals surface area (Å²) >= 11 is 0. The second-order valence-corrected chi connectivity index (χ2v) is 3.83. The van der Waals surface area contributed by atoms with Gasteiger partial charge in [-0.2, -0.15) is 0 Å². The minimum atomic E-state index is -0.115. The monoisotopic (exact) mass is 217 g/mol. The summed E-state index contributed by atoms with van der Waals surface area (Å²) in [4.78, 5) is 8.76. The number of hydrogen-bond acceptors (Lipinski definition) is 4. The highest BCUT2D eigenvalue weighted by atomic mass is 16.5. The molecule has 4 heteroatoms. The summed E-state index contributed by atoms with van der Waals surface area (Å²) in [5.41, 5.74) is 7.67. The van der Waals surface area contributed by atoms with Gasteiger partial charge in [-0.25, -0.2) is 9.97 Å². The number of rotatable bonds is 2. The van der Waals surface area contributed by atoms with Crippen LogP contribution in [0.2, 0.25) is 0 Å². The molecule has 1 unspecified atom stereocenters. The van der Waals surface area contributed by atoms with E-state index in [9.17, 15) is 0 Å². The number of nitrogens with zero attached hydrogens (tertiary/aromatic N) is 2. The van der Waals surface area contributed by atoms with E-state index in [0.29, 0.717) is 0 Å². The van der Waals surface area contributed by atoms with Gasteiger partial charge < -0.3 is 10.5 Å². The van der Waals surface area contributed by atoms with Crippen molar-refractivity contribution in [3.05, 3.63) is 29.7 Å². The van der Waals surface area contributed by atoms with Crippen LogP contribution in [0.5, 0.6) is 5.75 Å². The van der Waals surface area contributed by atoms with Gasteiger partial charge in [0.2, 0.25) is 0 Å². The molecule has 0 fully saturated rings. The average Bonchev–Trinajstić information content (AvgIpc) is 2.27. The third kappa shape index (κ3) is 1.84. The van der Waals surface area contributed by atoms with E-state index in [2.05, 4.69) is 9.97 Å². The molecule has 0 aliphatic carbocycles. The summed E-state index contributed by atoms with van der Waals surface area (Å²) < 4.78 is 5.19. The minimum absolute atomic E-state index is 0.115. The van der Waals surface area contributed by atoms with Gasteiger partial charge in [0.1, 0.15) is 11.6 Å². The predicted octanol–water partition coefficient (Wildman–Crippen LogP) is 1.97. The Morgan fingerprint density at radius 2 is 2.06 bits per heavy atom. The van der Waals surface area contributed by atoms with Crippen molar-refractivity contribution in [1.82, 2.24) is 9.97 Å². The van der Waals surface area contributed by atoms with Gasteiger partial charge in [-0.05, 0) is 32.0 Å². The Morgan fingerprint density at radius 1 is 1.31 bits per heavy atom. The highest BCUT2D eigenvalue weighted by Crippen LogP contribution is 2.24. The van der Waals surface area contributed by atoms with Crippen molar-refractivity contribution in [3.63, 3.8) is 0 Å².